The Balaban J connectivity index is 2.17. The van der Waals surface area contributed by atoms with Crippen LogP contribution < -0.4 is 10.1 Å². The number of halogens is 1. The summed E-state index contributed by atoms with van der Waals surface area (Å²) in [5.41, 5.74) is 0. The molecule has 0 radical (unpaired) electrons. The molecule has 0 saturated heterocycles. The van der Waals surface area contributed by atoms with Gasteiger partial charge in [-0.05, 0) is 24.5 Å². The molecule has 0 aliphatic heterocycles. The van der Waals surface area contributed by atoms with Gasteiger partial charge < -0.3 is 15.2 Å². The highest BCUT2D eigenvalue weighted by molar-refractivity contribution is 5.76. The van der Waals surface area contributed by atoms with E-state index >= 15 is 0 Å². The minimum atomic E-state index is -0.841. The van der Waals surface area contributed by atoms with Crippen molar-refractivity contribution in [1.82, 2.24) is 5.32 Å². The molecule has 0 fully saturated rings. The van der Waals surface area contributed by atoms with Gasteiger partial charge >= 0.3 is 5.97 Å². The van der Waals surface area contributed by atoms with Crippen molar-refractivity contribution in [3.05, 3.63) is 30.1 Å². The number of aliphatic carboxylic acids is 1. The quantitative estimate of drug-likeness (QED) is 0.733. The van der Waals surface area contributed by atoms with Crippen molar-refractivity contribution in [3.8, 4) is 5.75 Å². The van der Waals surface area contributed by atoms with Crippen molar-refractivity contribution in [2.75, 3.05) is 13.2 Å². The molecule has 5 nitrogen and oxygen atoms in total. The molecule has 0 bridgehead atoms. The number of nitrogens with one attached hydrogen (secondary N) is 1. The molecule has 116 valence electrons. The molecule has 21 heavy (non-hydrogen) atoms. The van der Waals surface area contributed by atoms with E-state index in [1.807, 2.05) is 6.92 Å². The van der Waals surface area contributed by atoms with Crippen LogP contribution in [0.1, 0.15) is 26.2 Å². The molecule has 0 aliphatic rings. The SMILES string of the molecule is CC(CCC(=O)O)CNC(=O)CCOc1ccccc1F. The summed E-state index contributed by atoms with van der Waals surface area (Å²) in [6.07, 6.45) is 0.731. The minimum Gasteiger partial charge on any atom is -0.490 e. The van der Waals surface area contributed by atoms with Gasteiger partial charge in [0.2, 0.25) is 5.91 Å². The summed E-state index contributed by atoms with van der Waals surface area (Å²) < 4.78 is 18.4. The Morgan fingerprint density at radius 2 is 2.05 bits per heavy atom. The van der Waals surface area contributed by atoms with Crippen LogP contribution in [0.5, 0.6) is 5.75 Å². The second-order valence-electron chi connectivity index (χ2n) is 4.87. The molecule has 1 atom stereocenters. The van der Waals surface area contributed by atoms with Crippen molar-refractivity contribution in [3.63, 3.8) is 0 Å². The average molecular weight is 297 g/mol. The van der Waals surface area contributed by atoms with Gasteiger partial charge in [0.25, 0.3) is 0 Å². The topological polar surface area (TPSA) is 75.6 Å². The third kappa shape index (κ3) is 7.29. The maximum absolute atomic E-state index is 13.2. The first-order chi connectivity index (χ1) is 9.99. The third-order valence-electron chi connectivity index (χ3n) is 2.92. The first-order valence-electron chi connectivity index (χ1n) is 6.85. The van der Waals surface area contributed by atoms with Gasteiger partial charge in [-0.3, -0.25) is 9.59 Å². The number of ether oxygens (including phenoxy) is 1. The zero-order chi connectivity index (χ0) is 15.7. The molecule has 1 amide bonds. The average Bonchev–Trinajstić information content (AvgIpc) is 2.45. The molecule has 0 saturated carbocycles. The van der Waals surface area contributed by atoms with Crippen LogP contribution in [0.25, 0.3) is 0 Å². The Morgan fingerprint density at radius 3 is 2.71 bits per heavy atom. The van der Waals surface area contributed by atoms with E-state index in [4.69, 9.17) is 9.84 Å². The van der Waals surface area contributed by atoms with E-state index in [1.165, 1.54) is 12.1 Å². The lowest BCUT2D eigenvalue weighted by atomic mass is 10.1. The summed E-state index contributed by atoms with van der Waals surface area (Å²) in [5, 5.41) is 11.3. The number of carbonyl (C=O) groups is 2. The molecule has 0 aliphatic carbocycles. The number of rotatable bonds is 9. The van der Waals surface area contributed by atoms with Crippen LogP contribution >= 0.6 is 0 Å². The van der Waals surface area contributed by atoms with E-state index in [-0.39, 0.29) is 37.0 Å². The molecule has 0 heterocycles. The normalized spacial score (nSPS) is 11.7. The van der Waals surface area contributed by atoms with Gasteiger partial charge in [0.1, 0.15) is 0 Å². The number of para-hydroxylation sites is 1. The monoisotopic (exact) mass is 297 g/mol. The van der Waals surface area contributed by atoms with Gasteiger partial charge in [-0.1, -0.05) is 19.1 Å². The molecular formula is C15H20FNO4. The molecule has 0 spiro atoms. The van der Waals surface area contributed by atoms with Crippen LogP contribution in [0.2, 0.25) is 0 Å². The van der Waals surface area contributed by atoms with E-state index in [9.17, 15) is 14.0 Å². The van der Waals surface area contributed by atoms with Crippen LogP contribution in [0.15, 0.2) is 24.3 Å². The molecule has 1 aromatic carbocycles. The molecule has 1 aromatic rings. The Morgan fingerprint density at radius 1 is 1.33 bits per heavy atom. The van der Waals surface area contributed by atoms with Gasteiger partial charge in [0.15, 0.2) is 11.6 Å². The second kappa shape index (κ2) is 8.94. The van der Waals surface area contributed by atoms with Crippen LogP contribution in [0, 0.1) is 11.7 Å². The Labute approximate surface area is 123 Å². The van der Waals surface area contributed by atoms with E-state index in [0.29, 0.717) is 13.0 Å². The number of amides is 1. The maximum atomic E-state index is 13.2. The van der Waals surface area contributed by atoms with Crippen molar-refractivity contribution in [2.45, 2.75) is 26.2 Å². The fraction of sp³-hybridized carbons (Fsp3) is 0.467. The zero-order valence-electron chi connectivity index (χ0n) is 12.0. The molecule has 1 unspecified atom stereocenters. The van der Waals surface area contributed by atoms with Crippen LogP contribution in [-0.4, -0.2) is 30.1 Å². The Hall–Kier alpha value is -2.11. The van der Waals surface area contributed by atoms with Gasteiger partial charge in [-0.25, -0.2) is 4.39 Å². The highest BCUT2D eigenvalue weighted by Crippen LogP contribution is 2.15. The predicted octanol–water partition coefficient (Wildman–Crippen LogP) is 2.21. The predicted molar refractivity (Wildman–Crippen MR) is 75.6 cm³/mol. The first kappa shape index (κ1) is 16.9. The Bertz CT molecular complexity index is 478. The summed E-state index contributed by atoms with van der Waals surface area (Å²) in [6.45, 7) is 2.39. The highest BCUT2D eigenvalue weighted by atomic mass is 19.1. The van der Waals surface area contributed by atoms with E-state index < -0.39 is 11.8 Å². The molecular weight excluding hydrogens is 277 g/mol. The third-order valence-corrected chi connectivity index (χ3v) is 2.92. The van der Waals surface area contributed by atoms with Crippen LogP contribution in [0.4, 0.5) is 4.39 Å². The Kier molecular flexibility index (Phi) is 7.21. The van der Waals surface area contributed by atoms with Crippen molar-refractivity contribution >= 4 is 11.9 Å². The first-order valence-corrected chi connectivity index (χ1v) is 6.85. The zero-order valence-corrected chi connectivity index (χ0v) is 12.0. The minimum absolute atomic E-state index is 0.0907. The van der Waals surface area contributed by atoms with Crippen molar-refractivity contribution < 1.29 is 23.8 Å². The second-order valence-corrected chi connectivity index (χ2v) is 4.87. The fourth-order valence-corrected chi connectivity index (χ4v) is 1.66. The number of hydrogen-bond acceptors (Lipinski definition) is 3. The standard InChI is InChI=1S/C15H20FNO4/c1-11(6-7-15(19)20)10-17-14(18)8-9-21-13-5-3-2-4-12(13)16/h2-5,11H,6-10H2,1H3,(H,17,18)(H,19,20). The lowest BCUT2D eigenvalue weighted by Gasteiger charge is -2.12. The lowest BCUT2D eigenvalue weighted by molar-refractivity contribution is -0.137. The molecule has 1 rings (SSSR count). The van der Waals surface area contributed by atoms with Crippen molar-refractivity contribution in [2.24, 2.45) is 5.92 Å². The fourth-order valence-electron chi connectivity index (χ4n) is 1.66. The van der Waals surface area contributed by atoms with Gasteiger partial charge in [0.05, 0.1) is 13.0 Å². The van der Waals surface area contributed by atoms with Crippen LogP contribution in [-0.2, 0) is 9.59 Å². The van der Waals surface area contributed by atoms with Gasteiger partial charge in [-0.2, -0.15) is 0 Å². The smallest absolute Gasteiger partial charge is 0.303 e. The number of hydrogen-bond donors (Lipinski definition) is 2. The lowest BCUT2D eigenvalue weighted by Crippen LogP contribution is -2.29. The summed E-state index contributed by atoms with van der Waals surface area (Å²) in [7, 11) is 0. The summed E-state index contributed by atoms with van der Waals surface area (Å²) in [6, 6.07) is 6.01. The summed E-state index contributed by atoms with van der Waals surface area (Å²) in [4.78, 5) is 22.0. The van der Waals surface area contributed by atoms with Gasteiger partial charge in [-0.15, -0.1) is 0 Å². The van der Waals surface area contributed by atoms with Gasteiger partial charge in [0, 0.05) is 13.0 Å². The summed E-state index contributed by atoms with van der Waals surface area (Å²) in [5.74, 6) is -1.28. The number of carboxylic acid groups (broad SMARTS) is 1. The van der Waals surface area contributed by atoms with Crippen molar-refractivity contribution in [1.29, 1.82) is 0 Å². The highest BCUT2D eigenvalue weighted by Gasteiger charge is 2.08. The number of carboxylic acids is 1. The van der Waals surface area contributed by atoms with E-state index in [2.05, 4.69) is 5.32 Å². The molecule has 0 aromatic heterocycles. The number of benzene rings is 1. The van der Waals surface area contributed by atoms with Crippen LogP contribution in [0.3, 0.4) is 0 Å². The maximum Gasteiger partial charge on any atom is 0.303 e. The molecule has 6 heteroatoms. The van der Waals surface area contributed by atoms with E-state index in [1.54, 1.807) is 12.1 Å². The van der Waals surface area contributed by atoms with E-state index in [0.717, 1.165) is 0 Å². The largest absolute Gasteiger partial charge is 0.490 e. The summed E-state index contributed by atoms with van der Waals surface area (Å²) >= 11 is 0. The number of carbonyl (C=O) groups excluding carboxylic acids is 1. The molecule has 2 N–H and O–H groups in total.